The van der Waals surface area contributed by atoms with Gasteiger partial charge in [-0.15, -0.1) is 0 Å². The highest BCUT2D eigenvalue weighted by atomic mass is 16.6. The molecule has 0 aromatic heterocycles. The average molecular weight is 461 g/mol. The van der Waals surface area contributed by atoms with Crippen LogP contribution < -0.4 is 5.43 Å². The monoisotopic (exact) mass is 460 g/mol. The third kappa shape index (κ3) is 5.97. The lowest BCUT2D eigenvalue weighted by atomic mass is 9.87. The fourth-order valence-electron chi connectivity index (χ4n) is 4.37. The maximum Gasteiger partial charge on any atom is 0.325 e. The third-order valence-electron chi connectivity index (χ3n) is 6.04. The van der Waals surface area contributed by atoms with Crippen molar-refractivity contribution < 1.29 is 34.1 Å². The van der Waals surface area contributed by atoms with Gasteiger partial charge in [0, 0.05) is 18.5 Å². The molecule has 1 aliphatic heterocycles. The number of carboxylic acid groups (broad SMARTS) is 1. The van der Waals surface area contributed by atoms with Crippen LogP contribution in [0.25, 0.3) is 0 Å². The number of hydrazine groups is 1. The van der Waals surface area contributed by atoms with Crippen molar-refractivity contribution in [3.05, 3.63) is 35.4 Å². The molecular weight excluding hydrogens is 428 g/mol. The summed E-state index contributed by atoms with van der Waals surface area (Å²) in [6.07, 6.45) is 0.0194. The molecule has 9 nitrogen and oxygen atoms in total. The highest BCUT2D eigenvalue weighted by Crippen LogP contribution is 2.40. The molecule has 0 radical (unpaired) electrons. The molecule has 1 fully saturated rings. The van der Waals surface area contributed by atoms with E-state index in [0.29, 0.717) is 30.5 Å². The van der Waals surface area contributed by atoms with Crippen LogP contribution in [-0.2, 0) is 19.1 Å². The number of carboxylic acids is 1. The zero-order valence-corrected chi connectivity index (χ0v) is 19.2. The predicted molar refractivity (Wildman–Crippen MR) is 118 cm³/mol. The van der Waals surface area contributed by atoms with E-state index in [4.69, 9.17) is 4.74 Å². The minimum atomic E-state index is -1.11. The molecule has 1 heterocycles. The number of ketones is 1. The number of benzene rings is 1. The maximum absolute atomic E-state index is 12.7. The summed E-state index contributed by atoms with van der Waals surface area (Å²) in [4.78, 5) is 49.6. The molecule has 0 spiro atoms. The Labute approximate surface area is 193 Å². The first kappa shape index (κ1) is 24.9. The molecule has 3 unspecified atom stereocenters. The SMILES string of the molecule is CC(C)(C)OC(=O)C1CCCN(C(=O)CC[C@H](CC2C(=O)c3ccccc3C2O)C(=O)O)N1. The molecule has 33 heavy (non-hydrogen) atoms. The average Bonchev–Trinajstić information content (AvgIpc) is 3.00. The number of Topliss-reactive ketones (excluding diaryl/α,β-unsaturated/α-hetero) is 1. The van der Waals surface area contributed by atoms with Crippen molar-refractivity contribution in [3.63, 3.8) is 0 Å². The zero-order valence-electron chi connectivity index (χ0n) is 19.2. The van der Waals surface area contributed by atoms with Crippen molar-refractivity contribution in [1.29, 1.82) is 0 Å². The van der Waals surface area contributed by atoms with Gasteiger partial charge in [-0.1, -0.05) is 24.3 Å². The maximum atomic E-state index is 12.7. The molecule has 1 amide bonds. The van der Waals surface area contributed by atoms with Gasteiger partial charge in [0.2, 0.25) is 5.91 Å². The Bertz CT molecular complexity index is 924. The second kappa shape index (κ2) is 10.0. The van der Waals surface area contributed by atoms with Crippen LogP contribution in [0.4, 0.5) is 0 Å². The van der Waals surface area contributed by atoms with Gasteiger partial charge in [0.1, 0.15) is 11.6 Å². The lowest BCUT2D eigenvalue weighted by Gasteiger charge is -2.34. The Morgan fingerprint density at radius 2 is 1.94 bits per heavy atom. The number of fused-ring (bicyclic) bond motifs is 1. The van der Waals surface area contributed by atoms with Crippen LogP contribution in [0.2, 0.25) is 0 Å². The molecule has 0 saturated carbocycles. The molecule has 1 aromatic rings. The highest BCUT2D eigenvalue weighted by molar-refractivity contribution is 6.03. The summed E-state index contributed by atoms with van der Waals surface area (Å²) in [5.74, 6) is -3.94. The third-order valence-corrected chi connectivity index (χ3v) is 6.04. The second-order valence-corrected chi connectivity index (χ2v) is 9.72. The van der Waals surface area contributed by atoms with Crippen LogP contribution in [0, 0.1) is 11.8 Å². The summed E-state index contributed by atoms with van der Waals surface area (Å²) in [5.41, 5.74) is 3.19. The van der Waals surface area contributed by atoms with Crippen molar-refractivity contribution in [2.24, 2.45) is 11.8 Å². The smallest absolute Gasteiger partial charge is 0.325 e. The van der Waals surface area contributed by atoms with Crippen LogP contribution in [0.1, 0.15) is 74.9 Å². The number of nitrogens with zero attached hydrogens (tertiary/aromatic N) is 1. The summed E-state index contributed by atoms with van der Waals surface area (Å²) >= 11 is 0. The summed E-state index contributed by atoms with van der Waals surface area (Å²) < 4.78 is 5.38. The van der Waals surface area contributed by atoms with Crippen molar-refractivity contribution in [1.82, 2.24) is 10.4 Å². The van der Waals surface area contributed by atoms with E-state index in [2.05, 4.69) is 5.43 Å². The van der Waals surface area contributed by atoms with Crippen molar-refractivity contribution in [3.8, 4) is 0 Å². The number of rotatable bonds is 7. The number of aliphatic hydroxyl groups excluding tert-OH is 1. The molecule has 1 aromatic carbocycles. The van der Waals surface area contributed by atoms with Crippen LogP contribution in [0.3, 0.4) is 0 Å². The molecule has 180 valence electrons. The number of aliphatic carboxylic acids is 1. The van der Waals surface area contributed by atoms with E-state index in [1.54, 1.807) is 45.0 Å². The van der Waals surface area contributed by atoms with Gasteiger partial charge in [-0.3, -0.25) is 24.2 Å². The Morgan fingerprint density at radius 1 is 1.24 bits per heavy atom. The molecule has 0 bridgehead atoms. The Kier molecular flexibility index (Phi) is 7.54. The Hall–Kier alpha value is -2.78. The predicted octanol–water partition coefficient (Wildman–Crippen LogP) is 2.24. The molecule has 2 aliphatic rings. The normalized spacial score (nSPS) is 23.7. The van der Waals surface area contributed by atoms with E-state index in [-0.39, 0.29) is 31.0 Å². The Balaban J connectivity index is 1.57. The van der Waals surface area contributed by atoms with Gasteiger partial charge in [-0.25, -0.2) is 5.43 Å². The second-order valence-electron chi connectivity index (χ2n) is 9.72. The van der Waals surface area contributed by atoms with E-state index in [9.17, 15) is 29.4 Å². The molecule has 1 aliphatic carbocycles. The van der Waals surface area contributed by atoms with Gasteiger partial charge in [0.15, 0.2) is 5.78 Å². The summed E-state index contributed by atoms with van der Waals surface area (Å²) in [5, 5.41) is 21.6. The highest BCUT2D eigenvalue weighted by Gasteiger charge is 2.41. The van der Waals surface area contributed by atoms with Gasteiger partial charge in [-0.05, 0) is 52.0 Å². The van der Waals surface area contributed by atoms with Crippen LogP contribution in [0.5, 0.6) is 0 Å². The zero-order chi connectivity index (χ0) is 24.3. The van der Waals surface area contributed by atoms with Crippen molar-refractivity contribution in [2.75, 3.05) is 6.54 Å². The standard InChI is InChI=1S/C24H32N2O7/c1-24(2,3)33-23(32)18-9-6-12-26(25-18)19(27)11-10-14(22(30)31)13-17-20(28)15-7-4-5-8-16(15)21(17)29/h4-5,7-8,14,17-18,20,25,28H,6,9-13H2,1-3H3,(H,30,31)/t14-,17?,18?,20?/m1/s1. The number of carbonyl (C=O) groups is 4. The lowest BCUT2D eigenvalue weighted by Crippen LogP contribution is -2.56. The molecule has 4 atom stereocenters. The number of esters is 1. The summed E-state index contributed by atoms with van der Waals surface area (Å²) in [6.45, 7) is 5.72. The number of amides is 1. The number of aliphatic hydroxyl groups is 1. The fourth-order valence-corrected chi connectivity index (χ4v) is 4.37. The molecular formula is C24H32N2O7. The van der Waals surface area contributed by atoms with E-state index in [0.717, 1.165) is 0 Å². The van der Waals surface area contributed by atoms with Crippen molar-refractivity contribution >= 4 is 23.6 Å². The first-order valence-corrected chi connectivity index (χ1v) is 11.3. The van der Waals surface area contributed by atoms with Crippen LogP contribution in [0.15, 0.2) is 24.3 Å². The first-order chi connectivity index (χ1) is 15.5. The summed E-state index contributed by atoms with van der Waals surface area (Å²) in [7, 11) is 0. The van der Waals surface area contributed by atoms with Gasteiger partial charge in [0.05, 0.1) is 17.9 Å². The number of nitrogens with one attached hydrogen (secondary N) is 1. The van der Waals surface area contributed by atoms with Crippen LogP contribution in [-0.4, -0.2) is 57.0 Å². The van der Waals surface area contributed by atoms with Crippen molar-refractivity contribution in [2.45, 2.75) is 70.6 Å². The number of hydrogen-bond acceptors (Lipinski definition) is 7. The van der Waals surface area contributed by atoms with Gasteiger partial charge >= 0.3 is 11.9 Å². The van der Waals surface area contributed by atoms with Gasteiger partial charge in [0.25, 0.3) is 0 Å². The topological polar surface area (TPSA) is 133 Å². The lowest BCUT2D eigenvalue weighted by molar-refractivity contribution is -0.161. The summed E-state index contributed by atoms with van der Waals surface area (Å²) in [6, 6.07) is 6.09. The van der Waals surface area contributed by atoms with Crippen LogP contribution >= 0.6 is 0 Å². The number of hydrogen-bond donors (Lipinski definition) is 3. The number of carbonyl (C=O) groups excluding carboxylic acids is 3. The van der Waals surface area contributed by atoms with E-state index >= 15 is 0 Å². The fraction of sp³-hybridized carbons (Fsp3) is 0.583. The first-order valence-electron chi connectivity index (χ1n) is 11.3. The molecule has 1 saturated heterocycles. The van der Waals surface area contributed by atoms with E-state index in [1.807, 2.05) is 0 Å². The molecule has 3 N–H and O–H groups in total. The minimum absolute atomic E-state index is 0.0241. The molecule has 9 heteroatoms. The van der Waals surface area contributed by atoms with E-state index in [1.165, 1.54) is 5.01 Å². The minimum Gasteiger partial charge on any atom is -0.481 e. The van der Waals surface area contributed by atoms with Gasteiger partial charge < -0.3 is 14.9 Å². The Morgan fingerprint density at radius 3 is 2.58 bits per heavy atom. The van der Waals surface area contributed by atoms with E-state index < -0.39 is 41.5 Å². The quantitative estimate of drug-likeness (QED) is 0.528. The number of ether oxygens (including phenoxy) is 1. The molecule has 3 rings (SSSR count). The largest absolute Gasteiger partial charge is 0.481 e. The van der Waals surface area contributed by atoms with Gasteiger partial charge in [-0.2, -0.15) is 0 Å².